The highest BCUT2D eigenvalue weighted by Gasteiger charge is 2.15. The summed E-state index contributed by atoms with van der Waals surface area (Å²) in [7, 11) is 4.53. The Bertz CT molecular complexity index is 944. The molecule has 0 radical (unpaired) electrons. The maximum atomic E-state index is 12.5. The number of nitrogens with zero attached hydrogens (tertiary/aromatic N) is 2. The number of hydrogen-bond donors (Lipinski definition) is 2. The predicted octanol–water partition coefficient (Wildman–Crippen LogP) is 3.40. The zero-order valence-electron chi connectivity index (χ0n) is 15.9. The molecule has 0 atom stereocenters. The highest BCUT2D eigenvalue weighted by Crippen LogP contribution is 2.40. The number of amides is 1. The Morgan fingerprint density at radius 3 is 2.21 bits per heavy atom. The van der Waals surface area contributed by atoms with Crippen LogP contribution in [-0.2, 0) is 0 Å². The van der Waals surface area contributed by atoms with Crippen molar-refractivity contribution in [3.63, 3.8) is 0 Å². The number of carbonyl (C=O) groups excluding carboxylic acids is 1. The van der Waals surface area contributed by atoms with Gasteiger partial charge in [0.1, 0.15) is 11.5 Å². The zero-order valence-corrected chi connectivity index (χ0v) is 15.9. The van der Waals surface area contributed by atoms with Crippen LogP contribution >= 0.6 is 0 Å². The third-order valence-electron chi connectivity index (χ3n) is 3.82. The molecule has 1 aromatic carbocycles. The summed E-state index contributed by atoms with van der Waals surface area (Å²) < 4.78 is 20.8. The maximum absolute atomic E-state index is 12.5. The first-order valence-electron chi connectivity index (χ1n) is 8.31. The van der Waals surface area contributed by atoms with E-state index in [4.69, 9.17) is 18.7 Å². The second-order valence-electron chi connectivity index (χ2n) is 5.75. The minimum absolute atomic E-state index is 0.246. The number of ether oxygens (including phenoxy) is 3. The highest BCUT2D eigenvalue weighted by atomic mass is 16.5. The number of methoxy groups -OCH3 is 3. The number of pyridine rings is 1. The monoisotopic (exact) mass is 384 g/mol. The summed E-state index contributed by atoms with van der Waals surface area (Å²) in [6.45, 7) is 1.80. The highest BCUT2D eigenvalue weighted by molar-refractivity contribution is 6.03. The maximum Gasteiger partial charge on any atom is 0.274 e. The number of carbonyl (C=O) groups is 1. The van der Waals surface area contributed by atoms with E-state index >= 15 is 0 Å². The molecule has 2 N–H and O–H groups in total. The van der Waals surface area contributed by atoms with E-state index in [0.29, 0.717) is 40.2 Å². The molecule has 3 aromatic rings. The Hall–Kier alpha value is -3.75. The Balaban J connectivity index is 1.74. The predicted molar refractivity (Wildman–Crippen MR) is 103 cm³/mol. The van der Waals surface area contributed by atoms with Crippen LogP contribution in [0.2, 0.25) is 0 Å². The number of nitrogens with one attached hydrogen (secondary N) is 2. The first-order valence-corrected chi connectivity index (χ1v) is 8.31. The molecule has 146 valence electrons. The Morgan fingerprint density at radius 2 is 1.71 bits per heavy atom. The van der Waals surface area contributed by atoms with Crippen molar-refractivity contribution in [3.05, 3.63) is 48.0 Å². The first kappa shape index (κ1) is 19.0. The summed E-state index contributed by atoms with van der Waals surface area (Å²) in [5.41, 5.74) is 1.41. The summed E-state index contributed by atoms with van der Waals surface area (Å²) in [6, 6.07) is 8.36. The van der Waals surface area contributed by atoms with Gasteiger partial charge in [-0.15, -0.1) is 0 Å². The van der Waals surface area contributed by atoms with Crippen LogP contribution in [0.25, 0.3) is 0 Å². The van der Waals surface area contributed by atoms with Crippen LogP contribution in [-0.4, -0.2) is 37.4 Å². The van der Waals surface area contributed by atoms with Crippen LogP contribution in [0, 0.1) is 6.92 Å². The van der Waals surface area contributed by atoms with Crippen molar-refractivity contribution in [2.75, 3.05) is 32.0 Å². The van der Waals surface area contributed by atoms with Crippen molar-refractivity contribution in [1.29, 1.82) is 0 Å². The zero-order chi connectivity index (χ0) is 20.1. The van der Waals surface area contributed by atoms with E-state index in [1.165, 1.54) is 27.5 Å². The van der Waals surface area contributed by atoms with Crippen LogP contribution in [0.15, 0.2) is 41.1 Å². The van der Waals surface area contributed by atoms with Crippen molar-refractivity contribution in [3.8, 4) is 17.2 Å². The summed E-state index contributed by atoms with van der Waals surface area (Å²) in [5, 5.41) is 9.65. The van der Waals surface area contributed by atoms with Crippen LogP contribution in [0.4, 0.5) is 17.2 Å². The normalized spacial score (nSPS) is 10.3. The minimum atomic E-state index is -0.377. The van der Waals surface area contributed by atoms with Gasteiger partial charge in [-0.2, -0.15) is 0 Å². The summed E-state index contributed by atoms with van der Waals surface area (Å²) >= 11 is 0. The molecule has 0 saturated carbocycles. The number of rotatable bonds is 7. The van der Waals surface area contributed by atoms with E-state index in [1.807, 2.05) is 0 Å². The fourth-order valence-electron chi connectivity index (χ4n) is 2.52. The molecule has 0 aliphatic heterocycles. The molecule has 0 unspecified atom stereocenters. The van der Waals surface area contributed by atoms with Crippen molar-refractivity contribution >= 4 is 23.1 Å². The first-order chi connectivity index (χ1) is 13.5. The summed E-state index contributed by atoms with van der Waals surface area (Å²) in [4.78, 5) is 16.7. The number of aryl methyl sites for hydroxylation is 1. The number of anilines is 3. The van der Waals surface area contributed by atoms with Crippen molar-refractivity contribution in [2.24, 2.45) is 0 Å². The van der Waals surface area contributed by atoms with Gasteiger partial charge < -0.3 is 29.4 Å². The van der Waals surface area contributed by atoms with Gasteiger partial charge in [0.05, 0.1) is 33.2 Å². The second kappa shape index (κ2) is 8.30. The molecule has 0 aliphatic carbocycles. The molecule has 0 fully saturated rings. The lowest BCUT2D eigenvalue weighted by atomic mass is 10.2. The Morgan fingerprint density at radius 1 is 1.00 bits per heavy atom. The van der Waals surface area contributed by atoms with E-state index in [1.54, 1.807) is 37.3 Å². The van der Waals surface area contributed by atoms with Gasteiger partial charge in [0.2, 0.25) is 5.75 Å². The van der Waals surface area contributed by atoms with E-state index < -0.39 is 0 Å². The van der Waals surface area contributed by atoms with E-state index in [9.17, 15) is 4.79 Å². The fourth-order valence-corrected chi connectivity index (χ4v) is 2.52. The van der Waals surface area contributed by atoms with Crippen molar-refractivity contribution < 1.29 is 23.5 Å². The lowest BCUT2D eigenvalue weighted by molar-refractivity contribution is 0.102. The van der Waals surface area contributed by atoms with Crippen LogP contribution in [0.3, 0.4) is 0 Å². The Labute approximate surface area is 161 Å². The van der Waals surface area contributed by atoms with Gasteiger partial charge in [-0.1, -0.05) is 5.16 Å². The lowest BCUT2D eigenvalue weighted by Crippen LogP contribution is -2.14. The minimum Gasteiger partial charge on any atom is -0.493 e. The van der Waals surface area contributed by atoms with Gasteiger partial charge in [-0.3, -0.25) is 4.79 Å². The molecule has 3 rings (SSSR count). The van der Waals surface area contributed by atoms with Gasteiger partial charge in [-0.05, 0) is 19.1 Å². The number of aromatic nitrogens is 2. The smallest absolute Gasteiger partial charge is 0.274 e. The molecule has 1 amide bonds. The lowest BCUT2D eigenvalue weighted by Gasteiger charge is -2.14. The molecule has 2 heterocycles. The summed E-state index contributed by atoms with van der Waals surface area (Å²) in [5.74, 6) is 2.20. The molecule has 2 aromatic heterocycles. The molecule has 28 heavy (non-hydrogen) atoms. The molecule has 0 bridgehead atoms. The van der Waals surface area contributed by atoms with Crippen molar-refractivity contribution in [1.82, 2.24) is 10.1 Å². The number of benzene rings is 1. The Kier molecular flexibility index (Phi) is 5.64. The van der Waals surface area contributed by atoms with Crippen LogP contribution in [0.5, 0.6) is 17.2 Å². The largest absolute Gasteiger partial charge is 0.493 e. The molecule has 9 nitrogen and oxygen atoms in total. The molecular weight excluding hydrogens is 364 g/mol. The van der Waals surface area contributed by atoms with Crippen LogP contribution in [0.1, 0.15) is 16.2 Å². The van der Waals surface area contributed by atoms with Gasteiger partial charge >= 0.3 is 0 Å². The standard InChI is InChI=1S/C19H20N4O5/c1-11-7-17(23-28-11)21-12-5-6-14(20-10-12)19(24)22-13-8-15(25-2)18(27-4)16(9-13)26-3/h5-10H,1-4H3,(H,21,23)(H,22,24). The average Bonchev–Trinajstić information content (AvgIpc) is 3.12. The van der Waals surface area contributed by atoms with Gasteiger partial charge in [-0.25, -0.2) is 4.98 Å². The second-order valence-corrected chi connectivity index (χ2v) is 5.75. The number of hydrogen-bond acceptors (Lipinski definition) is 8. The third-order valence-corrected chi connectivity index (χ3v) is 3.82. The van der Waals surface area contributed by atoms with Gasteiger partial charge in [0.15, 0.2) is 17.3 Å². The van der Waals surface area contributed by atoms with E-state index in [2.05, 4.69) is 20.8 Å². The van der Waals surface area contributed by atoms with Crippen LogP contribution < -0.4 is 24.8 Å². The van der Waals surface area contributed by atoms with Gasteiger partial charge in [0, 0.05) is 23.9 Å². The third kappa shape index (κ3) is 4.14. The molecule has 0 saturated heterocycles. The molecule has 9 heteroatoms. The van der Waals surface area contributed by atoms with Crippen molar-refractivity contribution in [2.45, 2.75) is 6.92 Å². The summed E-state index contributed by atoms with van der Waals surface area (Å²) in [6.07, 6.45) is 1.54. The average molecular weight is 384 g/mol. The molecule has 0 spiro atoms. The quantitative estimate of drug-likeness (QED) is 0.638. The van der Waals surface area contributed by atoms with Gasteiger partial charge in [0.25, 0.3) is 5.91 Å². The fraction of sp³-hybridized carbons (Fsp3) is 0.211. The molecular formula is C19H20N4O5. The topological polar surface area (TPSA) is 108 Å². The van der Waals surface area contributed by atoms with E-state index in [0.717, 1.165) is 0 Å². The van der Waals surface area contributed by atoms with E-state index in [-0.39, 0.29) is 11.6 Å². The molecule has 0 aliphatic rings. The SMILES string of the molecule is COc1cc(NC(=O)c2ccc(Nc3cc(C)on3)cn2)cc(OC)c1OC.